The van der Waals surface area contributed by atoms with E-state index in [1.807, 2.05) is 0 Å². The Kier molecular flexibility index (Phi) is 5.81. The molecule has 2 rings (SSSR count). The molecule has 1 aliphatic rings. The Morgan fingerprint density at radius 2 is 1.93 bits per heavy atom. The first kappa shape index (κ1) is 21.4. The normalized spacial score (nSPS) is 19.1. The number of carbonyl (C=O) groups is 3. The maximum absolute atomic E-state index is 12.8. The highest BCUT2D eigenvalue weighted by atomic mass is 19.4. The van der Waals surface area contributed by atoms with Crippen molar-refractivity contribution in [3.05, 3.63) is 35.2 Å². The van der Waals surface area contributed by atoms with Crippen molar-refractivity contribution in [2.24, 2.45) is 0 Å². The van der Waals surface area contributed by atoms with Crippen LogP contribution in [0.25, 0.3) is 6.08 Å². The summed E-state index contributed by atoms with van der Waals surface area (Å²) in [6.45, 7) is 4.76. The summed E-state index contributed by atoms with van der Waals surface area (Å²) in [6.07, 6.45) is -3.76. The van der Waals surface area contributed by atoms with Gasteiger partial charge in [0, 0.05) is 18.2 Å². The van der Waals surface area contributed by atoms with Crippen molar-refractivity contribution in [3.63, 3.8) is 0 Å². The second-order valence-corrected chi connectivity index (χ2v) is 7.04. The van der Waals surface area contributed by atoms with Gasteiger partial charge in [0.25, 0.3) is 5.91 Å². The van der Waals surface area contributed by atoms with Crippen molar-refractivity contribution in [3.8, 4) is 0 Å². The highest BCUT2D eigenvalue weighted by molar-refractivity contribution is 6.11. The molecule has 0 unspecified atom stereocenters. The van der Waals surface area contributed by atoms with E-state index in [-0.39, 0.29) is 17.6 Å². The molecule has 0 N–H and O–H groups in total. The molecule has 1 saturated heterocycles. The maximum atomic E-state index is 12.8. The van der Waals surface area contributed by atoms with E-state index in [9.17, 15) is 27.6 Å². The number of ether oxygens (including phenoxy) is 2. The second-order valence-electron chi connectivity index (χ2n) is 7.04. The van der Waals surface area contributed by atoms with Crippen LogP contribution >= 0.6 is 0 Å². The maximum Gasteiger partial charge on any atom is 0.433 e. The van der Waals surface area contributed by atoms with Crippen LogP contribution in [0.3, 0.4) is 0 Å². The van der Waals surface area contributed by atoms with Crippen LogP contribution in [-0.2, 0) is 25.2 Å². The van der Waals surface area contributed by atoms with Crippen LogP contribution < -0.4 is 0 Å². The van der Waals surface area contributed by atoms with Crippen LogP contribution in [0.5, 0.6) is 0 Å². The van der Waals surface area contributed by atoms with Gasteiger partial charge in [0.2, 0.25) is 0 Å². The number of pyridine rings is 1. The van der Waals surface area contributed by atoms with Crippen molar-refractivity contribution in [2.75, 3.05) is 7.11 Å². The van der Waals surface area contributed by atoms with E-state index < -0.39 is 41.5 Å². The largest absolute Gasteiger partial charge is 0.467 e. The van der Waals surface area contributed by atoms with E-state index >= 15 is 0 Å². The third-order valence-corrected chi connectivity index (χ3v) is 3.70. The van der Waals surface area contributed by atoms with Crippen molar-refractivity contribution in [2.45, 2.75) is 45.0 Å². The highest BCUT2D eigenvalue weighted by Crippen LogP contribution is 2.31. The van der Waals surface area contributed by atoms with Gasteiger partial charge in [-0.2, -0.15) is 13.2 Å². The molecule has 1 aliphatic heterocycles. The lowest BCUT2D eigenvalue weighted by Gasteiger charge is -2.25. The van der Waals surface area contributed by atoms with Gasteiger partial charge in [0.1, 0.15) is 17.3 Å². The fourth-order valence-corrected chi connectivity index (χ4v) is 2.54. The summed E-state index contributed by atoms with van der Waals surface area (Å²) in [7, 11) is 1.10. The third-order valence-electron chi connectivity index (χ3n) is 3.70. The Morgan fingerprint density at radius 1 is 1.29 bits per heavy atom. The topological polar surface area (TPSA) is 85.8 Å². The summed E-state index contributed by atoms with van der Waals surface area (Å²) < 4.78 is 48.2. The summed E-state index contributed by atoms with van der Waals surface area (Å²) in [5.74, 6) is -1.68. The lowest BCUT2D eigenvalue weighted by molar-refractivity contribution is -0.148. The Labute approximate surface area is 159 Å². The Hall–Kier alpha value is -2.91. The van der Waals surface area contributed by atoms with Gasteiger partial charge in [0.15, 0.2) is 0 Å². The predicted molar refractivity (Wildman–Crippen MR) is 90.7 cm³/mol. The van der Waals surface area contributed by atoms with Crippen LogP contribution in [-0.4, -0.2) is 46.6 Å². The van der Waals surface area contributed by atoms with Gasteiger partial charge in [-0.15, -0.1) is 0 Å². The molecule has 10 heteroatoms. The molecule has 2 heterocycles. The second kappa shape index (κ2) is 7.61. The molecule has 7 nitrogen and oxygen atoms in total. The van der Waals surface area contributed by atoms with E-state index in [4.69, 9.17) is 4.74 Å². The quantitative estimate of drug-likeness (QED) is 0.560. The van der Waals surface area contributed by atoms with Gasteiger partial charge in [-0.05, 0) is 44.5 Å². The van der Waals surface area contributed by atoms with E-state index in [2.05, 4.69) is 9.72 Å². The smallest absolute Gasteiger partial charge is 0.433 e. The minimum Gasteiger partial charge on any atom is -0.467 e. The first-order chi connectivity index (χ1) is 12.8. The van der Waals surface area contributed by atoms with Crippen LogP contribution in [0.15, 0.2) is 23.9 Å². The standard InChI is InChI=1S/C18H19F3N2O5/c1-17(2,3)28-16(26)23-12(15(25)27-4)9-11(14(23)24)7-10-5-6-22-13(8-10)18(19,20)21/h5-8,12H,9H2,1-4H3/t12-/m0/s1. The molecular formula is C18H19F3N2O5. The van der Waals surface area contributed by atoms with Gasteiger partial charge in [-0.3, -0.25) is 9.78 Å². The monoisotopic (exact) mass is 400 g/mol. The molecule has 0 radical (unpaired) electrons. The van der Waals surface area contributed by atoms with Crippen molar-refractivity contribution < 1.29 is 37.0 Å². The molecular weight excluding hydrogens is 381 g/mol. The molecule has 1 aromatic heterocycles. The lowest BCUT2D eigenvalue weighted by Crippen LogP contribution is -2.45. The van der Waals surface area contributed by atoms with Crippen LogP contribution in [0.1, 0.15) is 38.4 Å². The average Bonchev–Trinajstić information content (AvgIpc) is 2.89. The number of likely N-dealkylation sites (tertiary alicyclic amines) is 1. The zero-order chi connectivity index (χ0) is 21.3. The number of methoxy groups -OCH3 is 1. The average molecular weight is 400 g/mol. The zero-order valence-electron chi connectivity index (χ0n) is 15.7. The summed E-state index contributed by atoms with van der Waals surface area (Å²) in [5.41, 5.74) is -2.02. The fourth-order valence-electron chi connectivity index (χ4n) is 2.54. The summed E-state index contributed by atoms with van der Waals surface area (Å²) in [5, 5.41) is 0. The third kappa shape index (κ3) is 4.87. The molecule has 0 saturated carbocycles. The van der Waals surface area contributed by atoms with Crippen LogP contribution in [0.4, 0.5) is 18.0 Å². The number of imide groups is 1. The molecule has 2 amide bonds. The molecule has 0 spiro atoms. The number of esters is 1. The molecule has 0 bridgehead atoms. The molecule has 152 valence electrons. The first-order valence-electron chi connectivity index (χ1n) is 8.21. The first-order valence-corrected chi connectivity index (χ1v) is 8.21. The summed E-state index contributed by atoms with van der Waals surface area (Å²) in [4.78, 5) is 40.9. The SMILES string of the molecule is COC(=O)[C@@H]1CC(=Cc2ccnc(C(F)(F)F)c2)C(=O)N1C(=O)OC(C)(C)C. The van der Waals surface area contributed by atoms with Crippen molar-refractivity contribution >= 4 is 24.0 Å². The zero-order valence-corrected chi connectivity index (χ0v) is 15.7. The molecule has 1 fully saturated rings. The van der Waals surface area contributed by atoms with E-state index in [0.717, 1.165) is 19.4 Å². The number of nitrogens with zero attached hydrogens (tertiary/aromatic N) is 2. The van der Waals surface area contributed by atoms with Crippen LogP contribution in [0, 0.1) is 0 Å². The number of hydrogen-bond donors (Lipinski definition) is 0. The number of rotatable bonds is 2. The minimum absolute atomic E-state index is 0.0272. The Balaban J connectivity index is 2.39. The van der Waals surface area contributed by atoms with Crippen molar-refractivity contribution in [1.29, 1.82) is 0 Å². The van der Waals surface area contributed by atoms with E-state index in [1.54, 1.807) is 20.8 Å². The molecule has 1 aromatic rings. The minimum atomic E-state index is -4.65. The number of carbonyl (C=O) groups excluding carboxylic acids is 3. The van der Waals surface area contributed by atoms with Crippen molar-refractivity contribution in [1.82, 2.24) is 9.88 Å². The number of amides is 2. The number of hydrogen-bond acceptors (Lipinski definition) is 6. The number of aromatic nitrogens is 1. The predicted octanol–water partition coefficient (Wildman–Crippen LogP) is 3.19. The van der Waals surface area contributed by atoms with E-state index in [1.165, 1.54) is 12.1 Å². The summed E-state index contributed by atoms with van der Waals surface area (Å²) >= 11 is 0. The molecule has 1 atom stereocenters. The lowest BCUT2D eigenvalue weighted by atomic mass is 10.1. The molecule has 0 aliphatic carbocycles. The van der Waals surface area contributed by atoms with Gasteiger partial charge in [0.05, 0.1) is 7.11 Å². The van der Waals surface area contributed by atoms with E-state index in [0.29, 0.717) is 4.90 Å². The fraction of sp³-hybridized carbons (Fsp3) is 0.444. The van der Waals surface area contributed by atoms with Gasteiger partial charge >= 0.3 is 18.2 Å². The molecule has 28 heavy (non-hydrogen) atoms. The number of alkyl halides is 3. The highest BCUT2D eigenvalue weighted by Gasteiger charge is 2.46. The summed E-state index contributed by atoms with van der Waals surface area (Å²) in [6, 6.07) is 0.782. The van der Waals surface area contributed by atoms with Gasteiger partial charge in [-0.25, -0.2) is 14.5 Å². The molecule has 0 aromatic carbocycles. The Morgan fingerprint density at radius 3 is 2.46 bits per heavy atom. The Bertz CT molecular complexity index is 827. The van der Waals surface area contributed by atoms with Gasteiger partial charge < -0.3 is 9.47 Å². The van der Waals surface area contributed by atoms with Crippen LogP contribution in [0.2, 0.25) is 0 Å². The number of halogens is 3. The van der Waals surface area contributed by atoms with Gasteiger partial charge in [-0.1, -0.05) is 0 Å².